The van der Waals surface area contributed by atoms with Crippen LogP contribution in [0.25, 0.3) is 0 Å². The zero-order chi connectivity index (χ0) is 38.2. The Balaban J connectivity index is 0.000000614. The normalized spacial score (nSPS) is 35.9. The third kappa shape index (κ3) is 11.4. The molecular weight excluding hydrogens is 751 g/mol. The maximum absolute atomic E-state index is 11.3. The van der Waals surface area contributed by atoms with Gasteiger partial charge in [-0.25, -0.2) is 0 Å². The van der Waals surface area contributed by atoms with Crippen molar-refractivity contribution in [2.24, 2.45) is 45.3 Å². The van der Waals surface area contributed by atoms with Gasteiger partial charge in [0.2, 0.25) is 23.4 Å². The maximum Gasteiger partial charge on any atom is -0.255 e. The predicted octanol–water partition coefficient (Wildman–Crippen LogP) is 4.32. The molecule has 2 heterocycles. The minimum Gasteiger partial charge on any atom is -0.255 e. The van der Waals surface area contributed by atoms with Gasteiger partial charge in [-0.05, 0) is 89.9 Å². The Bertz CT molecular complexity index is 1380. The first-order valence-electron chi connectivity index (χ1n) is 16.8. The molecule has 2 saturated heterocycles. The van der Waals surface area contributed by atoms with E-state index in [1.807, 2.05) is 20.8 Å². The Morgan fingerprint density at radius 3 is 1.58 bits per heavy atom. The summed E-state index contributed by atoms with van der Waals surface area (Å²) in [6, 6.07) is 0. The molecule has 0 aromatic rings. The van der Waals surface area contributed by atoms with E-state index in [4.69, 9.17) is 28.1 Å². The number of nitrogens with one attached hydrogen (secondary N) is 1. The number of cyclic esters (lactones) is 2. The number of carbonyl (C=O) groups is 8. The fourth-order valence-electron chi connectivity index (χ4n) is 8.41. The molecule has 0 spiro atoms. The van der Waals surface area contributed by atoms with E-state index in [0.29, 0.717) is 12.2 Å². The van der Waals surface area contributed by atoms with Gasteiger partial charge in [0.25, 0.3) is 5.97 Å². The van der Waals surface area contributed by atoms with Crippen molar-refractivity contribution in [3.8, 4) is 0 Å². The third-order valence-electron chi connectivity index (χ3n) is 11.5. The molecule has 0 aromatic carbocycles. The molecule has 52 heavy (non-hydrogen) atoms. The molecule has 8 aliphatic rings. The van der Waals surface area contributed by atoms with E-state index in [0.717, 1.165) is 77.0 Å². The molecule has 6 saturated carbocycles. The largest absolute Gasteiger partial charge is 0.255 e. The van der Waals surface area contributed by atoms with Gasteiger partial charge in [-0.2, -0.15) is 0 Å². The van der Waals surface area contributed by atoms with Crippen molar-refractivity contribution in [3.05, 3.63) is 0 Å². The van der Waals surface area contributed by atoms with Crippen LogP contribution in [0, 0.1) is 45.3 Å². The van der Waals surface area contributed by atoms with Gasteiger partial charge in [-0.15, -0.1) is 0 Å². The fourth-order valence-corrected chi connectivity index (χ4v) is 8.41. The number of esters is 2. The second-order valence-corrected chi connectivity index (χ2v) is 15.9. The number of rotatable bonds is 0. The Labute approximate surface area is 310 Å². The van der Waals surface area contributed by atoms with Crippen LogP contribution in [0.5, 0.6) is 0 Å². The number of carbonyl (C=O) groups excluding carboxylic acids is 7. The fraction of sp³-hybridized carbons (Fsp3) is 0.771. The van der Waals surface area contributed by atoms with Gasteiger partial charge in [0.15, 0.2) is 0 Å². The Morgan fingerprint density at radius 1 is 0.731 bits per heavy atom. The number of fused-ring (bicyclic) bond motifs is 8. The molecule has 8 fully saturated rings. The van der Waals surface area contributed by atoms with E-state index in [1.54, 1.807) is 0 Å². The molecule has 6 aliphatic carbocycles. The molecule has 7 N–H and O–H groups in total. The van der Waals surface area contributed by atoms with Crippen molar-refractivity contribution in [1.82, 2.24) is 11.5 Å². The first-order chi connectivity index (χ1) is 23.2. The first kappa shape index (κ1) is 48.8. The molecule has 16 nitrogen and oxygen atoms in total. The molecule has 17 heteroatoms. The van der Waals surface area contributed by atoms with Gasteiger partial charge in [0.05, 0.1) is 11.3 Å². The molecular formula is C35H56N2O14Se. The molecule has 8 unspecified atom stereocenters. The van der Waals surface area contributed by atoms with Crippen LogP contribution in [0.3, 0.4) is 0 Å². The summed E-state index contributed by atoms with van der Waals surface area (Å²) in [6.07, 6.45) is 12.1. The van der Waals surface area contributed by atoms with Gasteiger partial charge in [0.1, 0.15) is 5.78 Å². The third-order valence-corrected chi connectivity index (χ3v) is 11.5. The summed E-state index contributed by atoms with van der Waals surface area (Å²) in [5.74, 6) is -0.325. The van der Waals surface area contributed by atoms with Crippen molar-refractivity contribution < 1.29 is 66.4 Å². The van der Waals surface area contributed by atoms with Gasteiger partial charge in [-0.1, -0.05) is 28.2 Å². The van der Waals surface area contributed by atoms with E-state index in [-0.39, 0.29) is 88.3 Å². The molecule has 8 bridgehead atoms. The minimum absolute atomic E-state index is 0. The Morgan fingerprint density at radius 2 is 1.17 bits per heavy atom. The number of carboxylic acids is 1. The van der Waals surface area contributed by atoms with Crippen molar-refractivity contribution in [3.63, 3.8) is 0 Å². The molecule has 8 rings (SSSR count). The summed E-state index contributed by atoms with van der Waals surface area (Å²) in [5.41, 5.74) is -0.705. The van der Waals surface area contributed by atoms with E-state index < -0.39 is 20.8 Å². The summed E-state index contributed by atoms with van der Waals surface area (Å²) in [4.78, 5) is 86.7. The molecule has 2 amide bonds. The van der Waals surface area contributed by atoms with Gasteiger partial charge in [0, 0.05) is 41.4 Å². The zero-order valence-corrected chi connectivity index (χ0v) is 31.7. The summed E-state index contributed by atoms with van der Waals surface area (Å²) in [6.45, 7) is 8.94. The van der Waals surface area contributed by atoms with Crippen LogP contribution < -0.4 is 11.5 Å². The van der Waals surface area contributed by atoms with E-state index >= 15 is 0 Å². The smallest absolute Gasteiger partial charge is 0.255 e. The van der Waals surface area contributed by atoms with Crippen molar-refractivity contribution in [2.75, 3.05) is 0 Å². The topological polar surface area (TPSA) is 288 Å². The number of imide groups is 1. The zero-order valence-electron chi connectivity index (χ0n) is 29.9. The second kappa shape index (κ2) is 19.7. The monoisotopic (exact) mass is 808 g/mol. The number of piperidine rings is 1. The summed E-state index contributed by atoms with van der Waals surface area (Å²) in [7, 11) is 0. The Hall–Kier alpha value is -3.24. The van der Waals surface area contributed by atoms with Crippen LogP contribution in [0.2, 0.25) is 0 Å². The summed E-state index contributed by atoms with van der Waals surface area (Å²) in [5, 5.41) is 21.8. The van der Waals surface area contributed by atoms with Crippen LogP contribution in [0.4, 0.5) is 0 Å². The molecule has 2 aliphatic heterocycles. The summed E-state index contributed by atoms with van der Waals surface area (Å²) >= 11 is -1.62. The van der Waals surface area contributed by atoms with Crippen molar-refractivity contribution in [2.45, 2.75) is 126 Å². The number of hydrogen-bond acceptors (Lipinski definition) is 14. The average Bonchev–Trinajstić information content (AvgIpc) is 3.88. The van der Waals surface area contributed by atoms with Crippen LogP contribution >= 0.6 is 0 Å². The van der Waals surface area contributed by atoms with Crippen LogP contribution in [0.1, 0.15) is 126 Å². The van der Waals surface area contributed by atoms with Crippen LogP contribution in [0.15, 0.2) is 0 Å². The number of amides is 2. The number of hydrogen-bond donors (Lipinski definition) is 5. The molecule has 0 radical (unpaired) electrons. The van der Waals surface area contributed by atoms with Crippen LogP contribution in [-0.2, 0) is 50.8 Å². The standard InChI is InChI=1S/C8H11NO2.C8H10O3.C8H10O2.C8H12O.C2H4O2.CH4.H3N.O2Se.H2O2/c1-8-3-2-5(4-8)6(10)9-7(8)11;1-8-3-2-5(4-8)6(9)11-7(8)10;1-8-3-2-5(4-8)6(9)7(8)10;1-8-3-2-6(5-8)4-7(8)9;1-2(3)4;;;1-3-2;1-2/h5H,2-4H2,1H3,(H,9,10,11);5H,2-4H2,1H3;5H,2-4H2,1H3;6H,2-5H2,1H3;1H3,(H,3,4);1H4;1H3;;1-2H. The van der Waals surface area contributed by atoms with Gasteiger partial charge >= 0.3 is 34.4 Å². The first-order valence-corrected chi connectivity index (χ1v) is 18.2. The number of ether oxygens (including phenoxy) is 1. The average molecular weight is 808 g/mol. The number of Topliss-reactive ketones (excluding diaryl/α,β-unsaturated/α-hetero) is 3. The SMILES string of the molecule is C.CC(=O)O.CC12CCC(C1)C(=O)C2=O.CC12CCC(C1)C(=O)NC2=O.CC12CCC(C1)C(=O)OC2=O.CC12CCC(CC1=O)C2.N.O=[Se]=O.OO. The van der Waals surface area contributed by atoms with E-state index in [1.165, 1.54) is 12.8 Å². The number of aliphatic carboxylic acids is 1. The van der Waals surface area contributed by atoms with Gasteiger partial charge in [-0.3, -0.25) is 54.2 Å². The number of ketones is 3. The molecule has 296 valence electrons. The predicted molar refractivity (Wildman–Crippen MR) is 183 cm³/mol. The second-order valence-electron chi connectivity index (χ2n) is 15.6. The molecule has 8 atom stereocenters. The van der Waals surface area contributed by atoms with Gasteiger partial charge < -0.3 is 16.0 Å². The van der Waals surface area contributed by atoms with Crippen LogP contribution in [-0.4, -0.2) is 77.5 Å². The Kier molecular flexibility index (Phi) is 18.5. The van der Waals surface area contributed by atoms with E-state index in [2.05, 4.69) is 17.0 Å². The summed E-state index contributed by atoms with van der Waals surface area (Å²) < 4.78 is 21.5. The van der Waals surface area contributed by atoms with Crippen molar-refractivity contribution in [1.29, 1.82) is 0 Å². The maximum atomic E-state index is 11.3. The van der Waals surface area contributed by atoms with Crippen molar-refractivity contribution >= 4 is 61.9 Å². The minimum atomic E-state index is -1.62. The molecule has 0 aromatic heterocycles. The quantitative estimate of drug-likeness (QED) is 0.0433. The number of carboxylic acid groups (broad SMARTS) is 1. The van der Waals surface area contributed by atoms with E-state index in [9.17, 15) is 33.6 Å².